The van der Waals surface area contributed by atoms with Crippen LogP contribution in [0.3, 0.4) is 0 Å². The van der Waals surface area contributed by atoms with Crippen molar-refractivity contribution < 1.29 is 9.47 Å². The maximum Gasteiger partial charge on any atom is 0.119 e. The van der Waals surface area contributed by atoms with E-state index >= 15 is 0 Å². The van der Waals surface area contributed by atoms with Gasteiger partial charge in [0, 0.05) is 37.5 Å². The molecule has 1 saturated heterocycles. The lowest BCUT2D eigenvalue weighted by Crippen LogP contribution is -2.38. The number of benzene rings is 1. The summed E-state index contributed by atoms with van der Waals surface area (Å²) in [6.07, 6.45) is 0.721. The van der Waals surface area contributed by atoms with E-state index < -0.39 is 0 Å². The molecule has 1 heterocycles. The summed E-state index contributed by atoms with van der Waals surface area (Å²) in [6, 6.07) is 6.04. The second-order valence-corrected chi connectivity index (χ2v) is 5.40. The van der Waals surface area contributed by atoms with Gasteiger partial charge in [-0.25, -0.2) is 0 Å². The van der Waals surface area contributed by atoms with Gasteiger partial charge in [0.05, 0.1) is 13.2 Å². The van der Waals surface area contributed by atoms with Gasteiger partial charge >= 0.3 is 0 Å². The number of hydrogen-bond donors (Lipinski definition) is 0. The predicted molar refractivity (Wildman–Crippen MR) is 86.1 cm³/mol. The maximum absolute atomic E-state index is 5.82. The predicted octanol–water partition coefficient (Wildman–Crippen LogP) is 2.69. The molecule has 0 saturated carbocycles. The highest BCUT2D eigenvalue weighted by molar-refractivity contribution is 6.18. The van der Waals surface area contributed by atoms with Gasteiger partial charge in [-0.2, -0.15) is 0 Å². The highest BCUT2D eigenvalue weighted by atomic mass is 35.5. The molecule has 0 aliphatic carbocycles. The van der Waals surface area contributed by atoms with Gasteiger partial charge in [0.2, 0.25) is 0 Å². The average Bonchev–Trinajstić information content (AvgIpc) is 2.51. The van der Waals surface area contributed by atoms with E-state index in [9.17, 15) is 0 Å². The monoisotopic (exact) mass is 307 g/mol. The maximum atomic E-state index is 5.82. The average molecular weight is 308 g/mol. The molecule has 1 fully saturated rings. The van der Waals surface area contributed by atoms with E-state index in [-0.39, 0.29) is 0 Å². The fourth-order valence-corrected chi connectivity index (χ4v) is 2.28. The summed E-state index contributed by atoms with van der Waals surface area (Å²) in [4.78, 5) is 2.36. The van der Waals surface area contributed by atoms with Crippen LogP contribution in [0.15, 0.2) is 18.2 Å². The number of halogens is 1. The van der Waals surface area contributed by atoms with Crippen molar-refractivity contribution in [3.05, 3.63) is 29.3 Å². The van der Waals surface area contributed by atoms with Crippen molar-refractivity contribution in [3.8, 4) is 17.6 Å². The number of morpholine rings is 1. The van der Waals surface area contributed by atoms with Crippen LogP contribution in [-0.4, -0.2) is 50.2 Å². The molecule has 0 amide bonds. The molecule has 0 aromatic heterocycles. The molecule has 1 aromatic rings. The Balaban J connectivity index is 1.81. The molecule has 3 nitrogen and oxygen atoms in total. The molecular formula is C17H22ClNO2. The van der Waals surface area contributed by atoms with Crippen LogP contribution in [0.1, 0.15) is 17.5 Å². The summed E-state index contributed by atoms with van der Waals surface area (Å²) in [7, 11) is 0. The second kappa shape index (κ2) is 8.94. The summed E-state index contributed by atoms with van der Waals surface area (Å²) in [5.41, 5.74) is 2.18. The lowest BCUT2D eigenvalue weighted by Gasteiger charge is -2.26. The third-order valence-corrected chi connectivity index (χ3v) is 3.61. The molecule has 2 rings (SSSR count). The Morgan fingerprint density at radius 3 is 2.86 bits per heavy atom. The van der Waals surface area contributed by atoms with Crippen LogP contribution in [0, 0.1) is 18.8 Å². The molecule has 1 aromatic carbocycles. The van der Waals surface area contributed by atoms with Crippen LogP contribution in [0.4, 0.5) is 0 Å². The highest BCUT2D eigenvalue weighted by Crippen LogP contribution is 2.16. The van der Waals surface area contributed by atoms with Crippen molar-refractivity contribution in [2.45, 2.75) is 13.3 Å². The number of ether oxygens (including phenoxy) is 2. The normalized spacial score (nSPS) is 15.3. The Labute approximate surface area is 132 Å². The van der Waals surface area contributed by atoms with Crippen molar-refractivity contribution in [3.63, 3.8) is 0 Å². The first-order chi connectivity index (χ1) is 10.3. The van der Waals surface area contributed by atoms with Crippen molar-refractivity contribution in [1.29, 1.82) is 0 Å². The first kappa shape index (κ1) is 16.2. The minimum absolute atomic E-state index is 0.578. The Kier molecular flexibility index (Phi) is 6.88. The molecule has 0 unspecified atom stereocenters. The van der Waals surface area contributed by atoms with E-state index in [0.717, 1.165) is 56.1 Å². The number of rotatable bonds is 5. The summed E-state index contributed by atoms with van der Waals surface area (Å²) < 4.78 is 11.1. The van der Waals surface area contributed by atoms with Crippen LogP contribution < -0.4 is 4.74 Å². The minimum atomic E-state index is 0.578. The summed E-state index contributed by atoms with van der Waals surface area (Å²) >= 11 is 5.62. The molecule has 0 spiro atoms. The Hall–Kier alpha value is -1.21. The highest BCUT2D eigenvalue weighted by Gasteiger charge is 2.09. The quantitative estimate of drug-likeness (QED) is 0.617. The second-order valence-electron chi connectivity index (χ2n) is 5.02. The summed E-state index contributed by atoms with van der Waals surface area (Å²) in [5, 5.41) is 0. The third-order valence-electron chi connectivity index (χ3n) is 3.42. The van der Waals surface area contributed by atoms with Crippen molar-refractivity contribution >= 4 is 11.6 Å². The molecule has 0 N–H and O–H groups in total. The van der Waals surface area contributed by atoms with Gasteiger partial charge in [-0.1, -0.05) is 11.8 Å². The number of alkyl halides is 1. The van der Waals surface area contributed by atoms with E-state index in [0.29, 0.717) is 12.5 Å². The lowest BCUT2D eigenvalue weighted by molar-refractivity contribution is 0.0322. The lowest BCUT2D eigenvalue weighted by atomic mass is 10.1. The first-order valence-corrected chi connectivity index (χ1v) is 7.91. The Morgan fingerprint density at radius 2 is 2.14 bits per heavy atom. The van der Waals surface area contributed by atoms with Crippen LogP contribution in [0.2, 0.25) is 0 Å². The van der Waals surface area contributed by atoms with Gasteiger partial charge in [0.25, 0.3) is 0 Å². The standard InChI is InChI=1S/C17H22ClNO2/c1-15-14-17(6-5-16(15)4-2-3-7-18)21-13-10-19-8-11-20-12-9-19/h5-6,14H,3,7-13H2,1H3. The third kappa shape index (κ3) is 5.59. The van der Waals surface area contributed by atoms with E-state index in [2.05, 4.69) is 23.7 Å². The van der Waals surface area contributed by atoms with E-state index in [1.807, 2.05) is 18.2 Å². The van der Waals surface area contributed by atoms with Crippen LogP contribution in [0.25, 0.3) is 0 Å². The molecule has 1 aliphatic heterocycles. The molecular weight excluding hydrogens is 286 g/mol. The molecule has 0 bridgehead atoms. The fourth-order valence-electron chi connectivity index (χ4n) is 2.19. The molecule has 0 radical (unpaired) electrons. The van der Waals surface area contributed by atoms with Crippen molar-refractivity contribution in [2.24, 2.45) is 0 Å². The molecule has 114 valence electrons. The fraction of sp³-hybridized carbons (Fsp3) is 0.529. The molecule has 21 heavy (non-hydrogen) atoms. The topological polar surface area (TPSA) is 21.7 Å². The molecule has 4 heteroatoms. The van der Waals surface area contributed by atoms with Crippen molar-refractivity contribution in [1.82, 2.24) is 4.90 Å². The van der Waals surface area contributed by atoms with E-state index in [1.165, 1.54) is 0 Å². The van der Waals surface area contributed by atoms with Crippen LogP contribution in [0.5, 0.6) is 5.75 Å². The van der Waals surface area contributed by atoms with Gasteiger partial charge < -0.3 is 9.47 Å². The number of aryl methyl sites for hydroxylation is 1. The smallest absolute Gasteiger partial charge is 0.119 e. The Morgan fingerprint density at radius 1 is 1.33 bits per heavy atom. The zero-order valence-corrected chi connectivity index (χ0v) is 13.3. The van der Waals surface area contributed by atoms with Gasteiger partial charge in [0.15, 0.2) is 0 Å². The molecule has 0 atom stereocenters. The minimum Gasteiger partial charge on any atom is -0.492 e. The Bertz CT molecular complexity index is 501. The number of hydrogen-bond acceptors (Lipinski definition) is 3. The number of nitrogens with zero attached hydrogens (tertiary/aromatic N) is 1. The van der Waals surface area contributed by atoms with Gasteiger partial charge in [-0.3, -0.25) is 4.90 Å². The van der Waals surface area contributed by atoms with Crippen LogP contribution in [-0.2, 0) is 4.74 Å². The zero-order chi connectivity index (χ0) is 14.9. The SMILES string of the molecule is Cc1cc(OCCN2CCOCC2)ccc1C#CCCCl. The van der Waals surface area contributed by atoms with Crippen LogP contribution >= 0.6 is 11.6 Å². The summed E-state index contributed by atoms with van der Waals surface area (Å²) in [5.74, 6) is 7.68. The van der Waals surface area contributed by atoms with Gasteiger partial charge in [0.1, 0.15) is 12.4 Å². The van der Waals surface area contributed by atoms with E-state index in [4.69, 9.17) is 21.1 Å². The van der Waals surface area contributed by atoms with Crippen molar-refractivity contribution in [2.75, 3.05) is 45.3 Å². The largest absolute Gasteiger partial charge is 0.492 e. The molecule has 1 aliphatic rings. The van der Waals surface area contributed by atoms with E-state index in [1.54, 1.807) is 0 Å². The van der Waals surface area contributed by atoms with Gasteiger partial charge in [-0.15, -0.1) is 11.6 Å². The summed E-state index contributed by atoms with van der Waals surface area (Å²) in [6.45, 7) is 7.36. The van der Waals surface area contributed by atoms with Gasteiger partial charge in [-0.05, 0) is 30.7 Å². The zero-order valence-electron chi connectivity index (χ0n) is 12.5. The first-order valence-electron chi connectivity index (χ1n) is 7.38.